The van der Waals surface area contributed by atoms with Crippen molar-refractivity contribution >= 4 is 37.9 Å². The number of carbonyl (C=O) groups excluding carboxylic acids is 2. The Hall–Kier alpha value is -1.86. The molecule has 8 nitrogen and oxygen atoms in total. The average molecular weight is 597 g/mol. The van der Waals surface area contributed by atoms with Gasteiger partial charge in [-0.25, -0.2) is 17.9 Å². The zero-order valence-corrected chi connectivity index (χ0v) is 22.9. The second kappa shape index (κ2) is 10.9. The number of amides is 3. The number of urea groups is 1. The molecule has 1 aromatic carbocycles. The number of piperidine rings is 2. The molecule has 13 heteroatoms. The first-order chi connectivity index (χ1) is 16.6. The van der Waals surface area contributed by atoms with Crippen LogP contribution in [0.4, 0.5) is 18.0 Å². The van der Waals surface area contributed by atoms with Gasteiger partial charge < -0.3 is 15.1 Å². The van der Waals surface area contributed by atoms with Gasteiger partial charge in [0.15, 0.2) is 0 Å². The van der Waals surface area contributed by atoms with Crippen LogP contribution in [0.2, 0.25) is 0 Å². The Bertz CT molecular complexity index is 1080. The average Bonchev–Trinajstić information content (AvgIpc) is 2.77. The highest BCUT2D eigenvalue weighted by atomic mass is 79.9. The van der Waals surface area contributed by atoms with Gasteiger partial charge in [0.05, 0.1) is 10.5 Å². The van der Waals surface area contributed by atoms with Gasteiger partial charge in [-0.1, -0.05) is 15.9 Å². The fourth-order valence-corrected chi connectivity index (χ4v) is 6.32. The maximum atomic E-state index is 13.4. The van der Waals surface area contributed by atoms with Crippen molar-refractivity contribution in [2.45, 2.75) is 69.1 Å². The summed E-state index contributed by atoms with van der Waals surface area (Å²) in [7, 11) is -4.41. The molecule has 2 N–H and O–H groups in total. The molecule has 3 amide bonds. The summed E-state index contributed by atoms with van der Waals surface area (Å²) in [5.41, 5.74) is -1.58. The van der Waals surface area contributed by atoms with Crippen molar-refractivity contribution in [2.75, 3.05) is 26.2 Å². The van der Waals surface area contributed by atoms with Crippen LogP contribution in [-0.4, -0.2) is 67.9 Å². The van der Waals surface area contributed by atoms with Crippen LogP contribution >= 0.6 is 15.9 Å². The van der Waals surface area contributed by atoms with Gasteiger partial charge in [-0.15, -0.1) is 0 Å². The monoisotopic (exact) mass is 596 g/mol. The van der Waals surface area contributed by atoms with Crippen LogP contribution in [0.1, 0.15) is 52.0 Å². The molecule has 0 spiro atoms. The molecule has 0 aliphatic carbocycles. The number of hydrogen-bond donors (Lipinski definition) is 2. The molecule has 0 bridgehead atoms. The van der Waals surface area contributed by atoms with Crippen molar-refractivity contribution in [2.24, 2.45) is 5.92 Å². The number of rotatable bonds is 4. The highest BCUT2D eigenvalue weighted by molar-refractivity contribution is 9.10. The second-order valence-electron chi connectivity index (χ2n) is 10.3. The molecular formula is C23H32BrF3N4O4S. The van der Waals surface area contributed by atoms with Gasteiger partial charge >= 0.3 is 12.2 Å². The predicted octanol–water partition coefficient (Wildman–Crippen LogP) is 3.96. The Kier molecular flexibility index (Phi) is 8.66. The molecule has 36 heavy (non-hydrogen) atoms. The third-order valence-electron chi connectivity index (χ3n) is 6.28. The molecular weight excluding hydrogens is 565 g/mol. The number of halogens is 4. The molecule has 0 radical (unpaired) electrons. The van der Waals surface area contributed by atoms with Crippen molar-refractivity contribution in [3.8, 4) is 0 Å². The fourth-order valence-electron chi connectivity index (χ4n) is 4.45. The van der Waals surface area contributed by atoms with E-state index in [0.717, 1.165) is 12.1 Å². The van der Waals surface area contributed by atoms with Gasteiger partial charge in [-0.05, 0) is 64.7 Å². The maximum absolute atomic E-state index is 13.4. The standard InChI is InChI=1S/C23H32BrF3N4O4S/c1-22(2,3)28-21(33)31-10-6-15(7-11-31)20(32)30-12-8-17(9-13-30)29-36(34,35)19-5-4-16(24)14-18(19)23(25,26)27/h4-5,14-15,17,29H,6-13H2,1-3H3,(H,28,33). The summed E-state index contributed by atoms with van der Waals surface area (Å²) in [4.78, 5) is 27.9. The fraction of sp³-hybridized carbons (Fsp3) is 0.652. The molecule has 0 aromatic heterocycles. The van der Waals surface area contributed by atoms with E-state index in [1.807, 2.05) is 20.8 Å². The van der Waals surface area contributed by atoms with Crippen molar-refractivity contribution in [1.29, 1.82) is 0 Å². The van der Waals surface area contributed by atoms with E-state index in [-0.39, 0.29) is 27.9 Å². The minimum absolute atomic E-state index is 0.0283. The minimum atomic E-state index is -4.83. The molecule has 202 valence electrons. The molecule has 3 rings (SSSR count). The number of sulfonamides is 1. The highest BCUT2D eigenvalue weighted by Crippen LogP contribution is 2.36. The molecule has 2 aliphatic rings. The van der Waals surface area contributed by atoms with Gasteiger partial charge in [0.25, 0.3) is 0 Å². The first-order valence-corrected chi connectivity index (χ1v) is 14.1. The number of benzene rings is 1. The Morgan fingerprint density at radius 1 is 0.972 bits per heavy atom. The van der Waals surface area contributed by atoms with E-state index in [1.54, 1.807) is 9.80 Å². The first-order valence-electron chi connectivity index (χ1n) is 11.8. The molecule has 2 aliphatic heterocycles. The third kappa shape index (κ3) is 7.34. The van der Waals surface area contributed by atoms with Gasteiger partial charge in [-0.3, -0.25) is 4.79 Å². The minimum Gasteiger partial charge on any atom is -0.342 e. The normalized spacial score (nSPS) is 18.9. The maximum Gasteiger partial charge on any atom is 0.417 e. The van der Waals surface area contributed by atoms with Crippen LogP contribution in [-0.2, 0) is 21.0 Å². The number of alkyl halides is 3. The zero-order valence-electron chi connectivity index (χ0n) is 20.5. The summed E-state index contributed by atoms with van der Waals surface area (Å²) >= 11 is 2.95. The summed E-state index contributed by atoms with van der Waals surface area (Å²) in [5, 5.41) is 2.92. The number of likely N-dealkylation sites (tertiary alicyclic amines) is 2. The Morgan fingerprint density at radius 3 is 2.06 bits per heavy atom. The molecule has 1 aromatic rings. The Labute approximate surface area is 218 Å². The number of nitrogens with zero attached hydrogens (tertiary/aromatic N) is 2. The smallest absolute Gasteiger partial charge is 0.342 e. The largest absolute Gasteiger partial charge is 0.417 e. The third-order valence-corrected chi connectivity index (χ3v) is 8.35. The van der Waals surface area contributed by atoms with Crippen LogP contribution in [0.15, 0.2) is 27.6 Å². The van der Waals surface area contributed by atoms with Crippen molar-refractivity contribution < 1.29 is 31.2 Å². The van der Waals surface area contributed by atoms with Crippen LogP contribution in [0.5, 0.6) is 0 Å². The van der Waals surface area contributed by atoms with E-state index in [4.69, 9.17) is 0 Å². The highest BCUT2D eigenvalue weighted by Gasteiger charge is 2.39. The lowest BCUT2D eigenvalue weighted by Crippen LogP contribution is -2.53. The molecule has 2 heterocycles. The topological polar surface area (TPSA) is 98.8 Å². The summed E-state index contributed by atoms with van der Waals surface area (Å²) in [6.07, 6.45) is -3.13. The van der Waals surface area contributed by atoms with E-state index in [2.05, 4.69) is 26.0 Å². The van der Waals surface area contributed by atoms with Gasteiger partial charge in [0.2, 0.25) is 15.9 Å². The van der Waals surface area contributed by atoms with Gasteiger partial charge in [0.1, 0.15) is 0 Å². The lowest BCUT2D eigenvalue weighted by Gasteiger charge is -2.38. The molecule has 0 atom stereocenters. The predicted molar refractivity (Wildman–Crippen MR) is 132 cm³/mol. The summed E-state index contributed by atoms with van der Waals surface area (Å²) < 4.78 is 68.3. The van der Waals surface area contributed by atoms with E-state index in [9.17, 15) is 31.2 Å². The Balaban J connectivity index is 1.54. The lowest BCUT2D eigenvalue weighted by atomic mass is 9.94. The summed E-state index contributed by atoms with van der Waals surface area (Å²) in [5.74, 6) is -0.242. The summed E-state index contributed by atoms with van der Waals surface area (Å²) in [6.45, 7) is 7.27. The summed E-state index contributed by atoms with van der Waals surface area (Å²) in [6, 6.07) is 2.20. The molecule has 2 fully saturated rings. The van der Waals surface area contributed by atoms with E-state index in [1.165, 1.54) is 6.07 Å². The zero-order chi connectivity index (χ0) is 26.9. The Morgan fingerprint density at radius 2 is 1.53 bits per heavy atom. The molecule has 0 unspecified atom stereocenters. The second-order valence-corrected chi connectivity index (χ2v) is 12.9. The van der Waals surface area contributed by atoms with E-state index < -0.39 is 32.7 Å². The van der Waals surface area contributed by atoms with Crippen molar-refractivity contribution in [3.05, 3.63) is 28.2 Å². The van der Waals surface area contributed by atoms with Crippen LogP contribution in [0, 0.1) is 5.92 Å². The molecule has 2 saturated heterocycles. The van der Waals surface area contributed by atoms with Crippen LogP contribution in [0.25, 0.3) is 0 Å². The number of carbonyl (C=O) groups is 2. The quantitative estimate of drug-likeness (QED) is 0.549. The lowest BCUT2D eigenvalue weighted by molar-refractivity contribution is -0.140. The number of nitrogens with one attached hydrogen (secondary N) is 2. The van der Waals surface area contributed by atoms with Gasteiger partial charge in [-0.2, -0.15) is 13.2 Å². The van der Waals surface area contributed by atoms with Crippen LogP contribution < -0.4 is 10.0 Å². The van der Waals surface area contributed by atoms with Crippen molar-refractivity contribution in [3.63, 3.8) is 0 Å². The van der Waals surface area contributed by atoms with Crippen LogP contribution in [0.3, 0.4) is 0 Å². The van der Waals surface area contributed by atoms with Gasteiger partial charge in [0, 0.05) is 48.2 Å². The van der Waals surface area contributed by atoms with E-state index >= 15 is 0 Å². The first kappa shape index (κ1) is 28.7. The van der Waals surface area contributed by atoms with E-state index in [0.29, 0.717) is 51.9 Å². The molecule has 0 saturated carbocycles. The SMILES string of the molecule is CC(C)(C)NC(=O)N1CCC(C(=O)N2CCC(NS(=O)(=O)c3ccc(Br)cc3C(F)(F)F)CC2)CC1. The number of hydrogen-bond acceptors (Lipinski definition) is 4. The van der Waals surface area contributed by atoms with Crippen molar-refractivity contribution in [1.82, 2.24) is 19.8 Å².